The van der Waals surface area contributed by atoms with E-state index in [1.807, 2.05) is 6.20 Å². The normalized spacial score (nSPS) is 14.5. The fourth-order valence-corrected chi connectivity index (χ4v) is 1.02. The van der Waals surface area contributed by atoms with Crippen LogP contribution >= 0.6 is 0 Å². The van der Waals surface area contributed by atoms with E-state index >= 15 is 0 Å². The Labute approximate surface area is 48.4 Å². The van der Waals surface area contributed by atoms with Crippen LogP contribution in [0, 0.1) is 0 Å². The fourth-order valence-electron chi connectivity index (χ4n) is 1.02. The monoisotopic (exact) mass is 105 g/mol. The number of rotatable bonds is 0. The number of hydrogen-bond donors (Lipinski definition) is 0. The van der Waals surface area contributed by atoms with Crippen molar-refractivity contribution in [1.29, 1.82) is 0 Å². The third-order valence-corrected chi connectivity index (χ3v) is 1.56. The SMILES string of the molecule is c1cc2ncc1CC2. The first-order chi connectivity index (χ1) is 3.95. The van der Waals surface area contributed by atoms with Crippen molar-refractivity contribution in [3.8, 4) is 0 Å². The molecule has 0 saturated carbocycles. The van der Waals surface area contributed by atoms with Gasteiger partial charge in [-0.1, -0.05) is 6.07 Å². The van der Waals surface area contributed by atoms with Gasteiger partial charge in [0.2, 0.25) is 0 Å². The molecule has 3 rings (SSSR count). The van der Waals surface area contributed by atoms with Crippen LogP contribution in [0.2, 0.25) is 0 Å². The first-order valence-corrected chi connectivity index (χ1v) is 2.89. The van der Waals surface area contributed by atoms with E-state index in [0.717, 1.165) is 6.42 Å². The van der Waals surface area contributed by atoms with Gasteiger partial charge in [0.1, 0.15) is 0 Å². The number of aromatic nitrogens is 1. The maximum Gasteiger partial charge on any atom is 0.0407 e. The minimum atomic E-state index is 1.16. The van der Waals surface area contributed by atoms with Crippen LogP contribution in [0.5, 0.6) is 0 Å². The Kier molecular flexibility index (Phi) is 0.668. The first kappa shape index (κ1) is 4.07. The Hall–Kier alpha value is -0.850. The molecule has 0 N–H and O–H groups in total. The molecule has 2 aliphatic rings. The van der Waals surface area contributed by atoms with Gasteiger partial charge in [-0.25, -0.2) is 0 Å². The number of hydrogen-bond acceptors (Lipinski definition) is 1. The molecule has 0 radical (unpaired) electrons. The van der Waals surface area contributed by atoms with E-state index < -0.39 is 0 Å². The van der Waals surface area contributed by atoms with E-state index in [9.17, 15) is 0 Å². The lowest BCUT2D eigenvalue weighted by Gasteiger charge is -2.07. The number of pyridine rings is 1. The van der Waals surface area contributed by atoms with Gasteiger partial charge in [-0.05, 0) is 24.5 Å². The second kappa shape index (κ2) is 1.31. The van der Waals surface area contributed by atoms with Crippen LogP contribution in [-0.2, 0) is 12.8 Å². The minimum Gasteiger partial charge on any atom is -0.261 e. The molecule has 0 saturated heterocycles. The lowest BCUT2D eigenvalue weighted by atomic mass is 10.0. The summed E-state index contributed by atoms with van der Waals surface area (Å²) in [4.78, 5) is 4.17. The molecule has 0 unspecified atom stereocenters. The van der Waals surface area contributed by atoms with Crippen LogP contribution in [0.15, 0.2) is 18.3 Å². The lowest BCUT2D eigenvalue weighted by molar-refractivity contribution is 0.853. The van der Waals surface area contributed by atoms with Gasteiger partial charge in [0, 0.05) is 11.9 Å². The molecule has 8 heavy (non-hydrogen) atoms. The zero-order valence-electron chi connectivity index (χ0n) is 4.59. The summed E-state index contributed by atoms with van der Waals surface area (Å²) in [6, 6.07) is 4.24. The summed E-state index contributed by atoms with van der Waals surface area (Å²) in [6.45, 7) is 0. The molecule has 0 aromatic carbocycles. The Morgan fingerprint density at radius 1 is 1.25 bits per heavy atom. The van der Waals surface area contributed by atoms with Gasteiger partial charge in [-0.15, -0.1) is 0 Å². The van der Waals surface area contributed by atoms with Gasteiger partial charge in [-0.2, -0.15) is 0 Å². The molecule has 2 heterocycles. The van der Waals surface area contributed by atoms with Crippen LogP contribution in [0.25, 0.3) is 0 Å². The standard InChI is InChI=1S/C7H7N/c1-3-7-4-2-6(1)5-8-7/h1,3,5H,2,4H2. The minimum absolute atomic E-state index is 1.16. The van der Waals surface area contributed by atoms with Crippen LogP contribution in [0.3, 0.4) is 0 Å². The average molecular weight is 105 g/mol. The molecular weight excluding hydrogens is 98.1 g/mol. The van der Waals surface area contributed by atoms with Crippen LogP contribution in [-0.4, -0.2) is 4.98 Å². The van der Waals surface area contributed by atoms with E-state index in [1.165, 1.54) is 17.7 Å². The molecule has 1 nitrogen and oxygen atoms in total. The Morgan fingerprint density at radius 2 is 2.25 bits per heavy atom. The summed E-state index contributed by atoms with van der Waals surface area (Å²) in [7, 11) is 0. The third kappa shape index (κ3) is 0.443. The highest BCUT2D eigenvalue weighted by Gasteiger charge is 2.02. The van der Waals surface area contributed by atoms with E-state index in [2.05, 4.69) is 17.1 Å². The predicted octanol–water partition coefficient (Wildman–Crippen LogP) is 1.18. The highest BCUT2D eigenvalue weighted by atomic mass is 14.7. The summed E-state index contributed by atoms with van der Waals surface area (Å²) in [5, 5.41) is 0. The smallest absolute Gasteiger partial charge is 0.0407 e. The molecule has 2 bridgehead atoms. The van der Waals surface area contributed by atoms with E-state index in [4.69, 9.17) is 0 Å². The van der Waals surface area contributed by atoms with Crippen molar-refractivity contribution in [3.05, 3.63) is 29.6 Å². The van der Waals surface area contributed by atoms with Gasteiger partial charge in [0.15, 0.2) is 0 Å². The van der Waals surface area contributed by atoms with Crippen molar-refractivity contribution in [2.75, 3.05) is 0 Å². The average Bonchev–Trinajstić information content (AvgIpc) is 1.92. The van der Waals surface area contributed by atoms with Crippen LogP contribution < -0.4 is 0 Å². The zero-order chi connectivity index (χ0) is 5.40. The van der Waals surface area contributed by atoms with Crippen molar-refractivity contribution in [2.24, 2.45) is 0 Å². The van der Waals surface area contributed by atoms with Gasteiger partial charge in [0.25, 0.3) is 0 Å². The maximum atomic E-state index is 4.17. The largest absolute Gasteiger partial charge is 0.261 e. The van der Waals surface area contributed by atoms with E-state index in [0.29, 0.717) is 0 Å². The van der Waals surface area contributed by atoms with Gasteiger partial charge < -0.3 is 0 Å². The number of nitrogens with zero attached hydrogens (tertiary/aromatic N) is 1. The van der Waals surface area contributed by atoms with Crippen molar-refractivity contribution in [2.45, 2.75) is 12.8 Å². The Balaban J connectivity index is 2.69. The topological polar surface area (TPSA) is 12.9 Å². The number of fused-ring (bicyclic) bond motifs is 3. The van der Waals surface area contributed by atoms with E-state index in [1.54, 1.807) is 0 Å². The molecular formula is C7H7N. The molecule has 1 aliphatic heterocycles. The van der Waals surface area contributed by atoms with Crippen molar-refractivity contribution < 1.29 is 0 Å². The van der Waals surface area contributed by atoms with Crippen molar-refractivity contribution in [3.63, 3.8) is 0 Å². The van der Waals surface area contributed by atoms with Crippen molar-refractivity contribution >= 4 is 0 Å². The van der Waals surface area contributed by atoms with E-state index in [-0.39, 0.29) is 0 Å². The summed E-state index contributed by atoms with van der Waals surface area (Å²) < 4.78 is 0. The summed E-state index contributed by atoms with van der Waals surface area (Å²) in [6.07, 6.45) is 4.32. The van der Waals surface area contributed by atoms with Gasteiger partial charge in [-0.3, -0.25) is 4.98 Å². The third-order valence-electron chi connectivity index (χ3n) is 1.56. The quantitative estimate of drug-likeness (QED) is 0.482. The highest BCUT2D eigenvalue weighted by molar-refractivity contribution is 5.20. The van der Waals surface area contributed by atoms with Crippen LogP contribution in [0.4, 0.5) is 0 Å². The molecule has 0 atom stereocenters. The molecule has 1 aliphatic carbocycles. The Morgan fingerprint density at radius 3 is 2.38 bits per heavy atom. The summed E-state index contributed by atoms with van der Waals surface area (Å²) in [5.74, 6) is 0. The Bertz CT molecular complexity index is 165. The van der Waals surface area contributed by atoms with Crippen LogP contribution in [0.1, 0.15) is 11.3 Å². The van der Waals surface area contributed by atoms with Gasteiger partial charge >= 0.3 is 0 Å². The molecule has 1 heteroatoms. The second-order valence-corrected chi connectivity index (χ2v) is 2.16. The second-order valence-electron chi connectivity index (χ2n) is 2.16. The lowest BCUT2D eigenvalue weighted by Crippen LogP contribution is -2.01. The summed E-state index contributed by atoms with van der Waals surface area (Å²) in [5.41, 5.74) is 2.61. The predicted molar refractivity (Wildman–Crippen MR) is 31.6 cm³/mol. The molecule has 0 fully saturated rings. The fraction of sp³-hybridized carbons (Fsp3) is 0.286. The molecule has 1 aromatic heterocycles. The molecule has 0 spiro atoms. The molecule has 40 valence electrons. The zero-order valence-corrected chi connectivity index (χ0v) is 4.59. The van der Waals surface area contributed by atoms with Crippen molar-refractivity contribution in [1.82, 2.24) is 4.98 Å². The molecule has 0 amide bonds. The first-order valence-electron chi connectivity index (χ1n) is 2.89. The number of aryl methyl sites for hydroxylation is 2. The highest BCUT2D eigenvalue weighted by Crippen LogP contribution is 2.10. The van der Waals surface area contributed by atoms with Gasteiger partial charge in [0.05, 0.1) is 0 Å². The molecule has 1 aromatic rings. The maximum absolute atomic E-state index is 4.17. The summed E-state index contributed by atoms with van der Waals surface area (Å²) >= 11 is 0.